The van der Waals surface area contributed by atoms with E-state index in [4.69, 9.17) is 11.6 Å². The number of nitrogens with one attached hydrogen (secondary N) is 1. The first kappa shape index (κ1) is 16.4. The van der Waals surface area contributed by atoms with Gasteiger partial charge in [-0.1, -0.05) is 35.4 Å². The molecule has 2 nitrogen and oxygen atoms in total. The van der Waals surface area contributed by atoms with Crippen LogP contribution in [0.15, 0.2) is 42.5 Å². The maximum atomic E-state index is 6.08. The Morgan fingerprint density at radius 2 is 1.96 bits per heavy atom. The van der Waals surface area contributed by atoms with Crippen LogP contribution in [0.2, 0.25) is 5.02 Å². The summed E-state index contributed by atoms with van der Waals surface area (Å²) in [7, 11) is 0. The number of hydrogen-bond acceptors (Lipinski definition) is 0. The molecular weight excluding hydrogens is 340 g/mol. The molecule has 5 rings (SSSR count). The van der Waals surface area contributed by atoms with Gasteiger partial charge >= 0.3 is 0 Å². The molecule has 1 aliphatic carbocycles. The maximum Gasteiger partial charge on any atom is 0.129 e. The van der Waals surface area contributed by atoms with Gasteiger partial charge in [-0.2, -0.15) is 0 Å². The van der Waals surface area contributed by atoms with Crippen LogP contribution in [0.25, 0.3) is 10.9 Å². The molecule has 0 saturated heterocycles. The van der Waals surface area contributed by atoms with E-state index in [-0.39, 0.29) is 0 Å². The van der Waals surface area contributed by atoms with Crippen molar-refractivity contribution in [2.24, 2.45) is 0 Å². The van der Waals surface area contributed by atoms with Crippen molar-refractivity contribution < 1.29 is 4.90 Å². The number of aromatic nitrogens is 1. The van der Waals surface area contributed by atoms with Crippen LogP contribution in [-0.2, 0) is 19.5 Å². The molecule has 134 valence electrons. The molecule has 0 amide bonds. The standard InChI is InChI=1S/C23H25ClN2/c1-16-6-11-21-20(14-16)19-4-2-5-22-23(19)26(21)13-3-12-25(22)15-17-7-9-18(24)10-8-17/h6-11,14,22H,2-5,12-13,15H2,1H3/p+1/t22-/m1/s1. The first-order valence-corrected chi connectivity index (χ1v) is 10.3. The van der Waals surface area contributed by atoms with Gasteiger partial charge in [-0.25, -0.2) is 0 Å². The van der Waals surface area contributed by atoms with Crippen LogP contribution in [0.4, 0.5) is 0 Å². The van der Waals surface area contributed by atoms with Gasteiger partial charge in [0.1, 0.15) is 12.6 Å². The average Bonchev–Trinajstić information content (AvgIpc) is 2.83. The minimum atomic E-state index is 0.629. The zero-order valence-corrected chi connectivity index (χ0v) is 16.1. The van der Waals surface area contributed by atoms with Crippen molar-refractivity contribution >= 4 is 22.5 Å². The summed E-state index contributed by atoms with van der Waals surface area (Å²) in [4.78, 5) is 1.73. The van der Waals surface area contributed by atoms with Crippen molar-refractivity contribution in [1.29, 1.82) is 0 Å². The molecule has 3 heteroatoms. The monoisotopic (exact) mass is 365 g/mol. The van der Waals surface area contributed by atoms with E-state index in [1.54, 1.807) is 16.2 Å². The van der Waals surface area contributed by atoms with Crippen molar-refractivity contribution in [2.45, 2.75) is 51.7 Å². The number of nitrogens with zero attached hydrogens (tertiary/aromatic N) is 1. The zero-order valence-electron chi connectivity index (χ0n) is 15.4. The predicted octanol–water partition coefficient (Wildman–Crippen LogP) is 4.47. The Hall–Kier alpha value is -1.77. The number of quaternary nitrogens is 1. The molecule has 2 aromatic carbocycles. The number of benzene rings is 2. The number of aryl methyl sites for hydroxylation is 3. The topological polar surface area (TPSA) is 9.37 Å². The van der Waals surface area contributed by atoms with Gasteiger partial charge in [0, 0.05) is 40.9 Å². The number of hydrogen-bond donors (Lipinski definition) is 1. The molecule has 2 aliphatic rings. The highest BCUT2D eigenvalue weighted by atomic mass is 35.5. The summed E-state index contributed by atoms with van der Waals surface area (Å²) in [5, 5.41) is 2.34. The molecule has 3 aromatic rings. The first-order valence-electron chi connectivity index (χ1n) is 9.91. The average molecular weight is 366 g/mol. The van der Waals surface area contributed by atoms with Gasteiger partial charge in [-0.15, -0.1) is 0 Å². The molecule has 0 radical (unpaired) electrons. The molecular formula is C23H26ClN2+. The van der Waals surface area contributed by atoms with Crippen LogP contribution in [0.1, 0.15) is 47.7 Å². The van der Waals surface area contributed by atoms with Crippen LogP contribution in [0, 0.1) is 6.92 Å². The van der Waals surface area contributed by atoms with Crippen LogP contribution >= 0.6 is 11.6 Å². The summed E-state index contributed by atoms with van der Waals surface area (Å²) in [6, 6.07) is 16.1. The lowest BCUT2D eigenvalue weighted by molar-refractivity contribution is -0.945. The molecule has 1 aromatic heterocycles. The van der Waals surface area contributed by atoms with E-state index in [2.05, 4.69) is 41.8 Å². The van der Waals surface area contributed by atoms with Crippen LogP contribution < -0.4 is 4.90 Å². The van der Waals surface area contributed by atoms with Crippen molar-refractivity contribution in [3.05, 3.63) is 69.9 Å². The lowest BCUT2D eigenvalue weighted by atomic mass is 9.90. The number of halogens is 1. The fraction of sp³-hybridized carbons (Fsp3) is 0.391. The van der Waals surface area contributed by atoms with Crippen molar-refractivity contribution in [3.8, 4) is 0 Å². The number of rotatable bonds is 2. The van der Waals surface area contributed by atoms with E-state index < -0.39 is 0 Å². The third-order valence-electron chi connectivity index (χ3n) is 6.33. The zero-order chi connectivity index (χ0) is 17.7. The Labute approximate surface area is 160 Å². The third-order valence-corrected chi connectivity index (χ3v) is 6.59. The molecule has 26 heavy (non-hydrogen) atoms. The first-order chi connectivity index (χ1) is 12.7. The fourth-order valence-electron chi connectivity index (χ4n) is 5.19. The Morgan fingerprint density at radius 3 is 2.81 bits per heavy atom. The highest BCUT2D eigenvalue weighted by Crippen LogP contribution is 2.37. The van der Waals surface area contributed by atoms with Gasteiger partial charge in [0.2, 0.25) is 0 Å². The van der Waals surface area contributed by atoms with E-state index in [9.17, 15) is 0 Å². The van der Waals surface area contributed by atoms with Gasteiger partial charge < -0.3 is 9.47 Å². The van der Waals surface area contributed by atoms with Gasteiger partial charge in [0.15, 0.2) is 0 Å². The maximum absolute atomic E-state index is 6.08. The Morgan fingerprint density at radius 1 is 1.12 bits per heavy atom. The summed E-state index contributed by atoms with van der Waals surface area (Å²) in [6.45, 7) is 5.73. The molecule has 2 atom stereocenters. The van der Waals surface area contributed by atoms with E-state index >= 15 is 0 Å². The van der Waals surface area contributed by atoms with E-state index in [1.165, 1.54) is 54.3 Å². The Kier molecular flexibility index (Phi) is 4.06. The molecule has 2 heterocycles. The second-order valence-electron chi connectivity index (χ2n) is 8.05. The summed E-state index contributed by atoms with van der Waals surface area (Å²) >= 11 is 6.08. The highest BCUT2D eigenvalue weighted by molar-refractivity contribution is 6.30. The van der Waals surface area contributed by atoms with Crippen molar-refractivity contribution in [1.82, 2.24) is 4.57 Å². The predicted molar refractivity (Wildman–Crippen MR) is 108 cm³/mol. The highest BCUT2D eigenvalue weighted by Gasteiger charge is 2.36. The van der Waals surface area contributed by atoms with E-state index in [1.807, 2.05) is 12.1 Å². The smallest absolute Gasteiger partial charge is 0.129 e. The molecule has 0 saturated carbocycles. The normalized spacial score (nSPS) is 22.2. The Balaban J connectivity index is 1.58. The SMILES string of the molecule is Cc1ccc2c(c1)c1c3n2CCC[NH+](Cc2ccc(Cl)cc2)[C@@H]3CCC1. The van der Waals surface area contributed by atoms with Crippen LogP contribution in [-0.4, -0.2) is 11.1 Å². The Bertz CT molecular complexity index is 951. The lowest BCUT2D eigenvalue weighted by Gasteiger charge is -2.31. The largest absolute Gasteiger partial charge is 0.339 e. The van der Waals surface area contributed by atoms with Crippen molar-refractivity contribution in [2.75, 3.05) is 6.54 Å². The van der Waals surface area contributed by atoms with E-state index in [0.29, 0.717) is 6.04 Å². The van der Waals surface area contributed by atoms with Gasteiger partial charge in [0.25, 0.3) is 0 Å². The quantitative estimate of drug-likeness (QED) is 0.686. The summed E-state index contributed by atoms with van der Waals surface area (Å²) in [5.74, 6) is 0. The minimum Gasteiger partial charge on any atom is -0.339 e. The lowest BCUT2D eigenvalue weighted by Crippen LogP contribution is -3.11. The molecule has 0 spiro atoms. The number of fused-ring (bicyclic) bond motifs is 3. The molecule has 0 bridgehead atoms. The second-order valence-corrected chi connectivity index (χ2v) is 8.48. The van der Waals surface area contributed by atoms with Gasteiger partial charge in [-0.05, 0) is 49.6 Å². The summed E-state index contributed by atoms with van der Waals surface area (Å²) in [6.07, 6.45) is 5.12. The second kappa shape index (κ2) is 6.44. The van der Waals surface area contributed by atoms with Crippen molar-refractivity contribution in [3.63, 3.8) is 0 Å². The molecule has 1 unspecified atom stereocenters. The van der Waals surface area contributed by atoms with Crippen LogP contribution in [0.3, 0.4) is 0 Å². The van der Waals surface area contributed by atoms with Crippen LogP contribution in [0.5, 0.6) is 0 Å². The molecule has 1 N–H and O–H groups in total. The van der Waals surface area contributed by atoms with Gasteiger partial charge in [0.05, 0.1) is 12.2 Å². The molecule has 1 aliphatic heterocycles. The fourth-order valence-corrected chi connectivity index (χ4v) is 5.32. The van der Waals surface area contributed by atoms with Gasteiger partial charge in [-0.3, -0.25) is 0 Å². The van der Waals surface area contributed by atoms with E-state index in [0.717, 1.165) is 18.1 Å². The summed E-state index contributed by atoms with van der Waals surface area (Å²) in [5.41, 5.74) is 7.51. The summed E-state index contributed by atoms with van der Waals surface area (Å²) < 4.78 is 2.66. The minimum absolute atomic E-state index is 0.629. The third kappa shape index (κ3) is 2.67. The molecule has 0 fully saturated rings.